The topological polar surface area (TPSA) is 86.9 Å². The summed E-state index contributed by atoms with van der Waals surface area (Å²) >= 11 is 12.8. The third kappa shape index (κ3) is 2.34. The van der Waals surface area contributed by atoms with E-state index < -0.39 is 0 Å². The van der Waals surface area contributed by atoms with E-state index in [9.17, 15) is 4.79 Å². The van der Waals surface area contributed by atoms with E-state index in [1.54, 1.807) is 30.4 Å². The highest BCUT2D eigenvalue weighted by molar-refractivity contribution is 6.46. The number of halogens is 2. The molecule has 0 saturated heterocycles. The maximum Gasteiger partial charge on any atom is 0.270 e. The standard InChI is InChI=1S/C17H13Cl2N5O2/c1-23-3-4-24-15-13(11(26-5-2-20)6-10(18)14(15)19)12(16(24)17(23)25)9-7-21-22-8-9/h6-8H,3-5H2,1H3,(H,21,22). The van der Waals surface area contributed by atoms with Gasteiger partial charge in [-0.05, 0) is 0 Å². The number of ether oxygens (including phenoxy) is 1. The van der Waals surface area contributed by atoms with Gasteiger partial charge in [0.05, 0.1) is 27.1 Å². The Morgan fingerprint density at radius 3 is 2.92 bits per heavy atom. The second kappa shape index (κ2) is 6.24. The van der Waals surface area contributed by atoms with Crippen molar-refractivity contribution in [3.63, 3.8) is 0 Å². The first-order valence-electron chi connectivity index (χ1n) is 7.83. The highest BCUT2D eigenvalue weighted by Gasteiger charge is 2.33. The number of benzene rings is 1. The van der Waals surface area contributed by atoms with Crippen LogP contribution in [-0.2, 0) is 6.54 Å². The van der Waals surface area contributed by atoms with Crippen LogP contribution in [0.3, 0.4) is 0 Å². The van der Waals surface area contributed by atoms with Gasteiger partial charge < -0.3 is 14.2 Å². The molecule has 0 spiro atoms. The summed E-state index contributed by atoms with van der Waals surface area (Å²) in [6, 6.07) is 3.52. The van der Waals surface area contributed by atoms with Gasteiger partial charge in [-0.15, -0.1) is 0 Å². The first-order chi connectivity index (χ1) is 12.5. The van der Waals surface area contributed by atoms with E-state index in [1.165, 1.54) is 0 Å². The Hall–Kier alpha value is -2.69. The largest absolute Gasteiger partial charge is 0.478 e. The first kappa shape index (κ1) is 16.8. The number of aromatic amines is 1. The molecule has 0 radical (unpaired) electrons. The fraction of sp³-hybridized carbons (Fsp3) is 0.235. The third-order valence-corrected chi connectivity index (χ3v) is 5.25. The summed E-state index contributed by atoms with van der Waals surface area (Å²) in [4.78, 5) is 14.6. The summed E-state index contributed by atoms with van der Waals surface area (Å²) in [6.45, 7) is 0.980. The Kier molecular flexibility index (Phi) is 4.02. The van der Waals surface area contributed by atoms with Gasteiger partial charge in [-0.1, -0.05) is 23.2 Å². The first-order valence-corrected chi connectivity index (χ1v) is 8.58. The zero-order valence-corrected chi connectivity index (χ0v) is 15.2. The number of H-pyrrole nitrogens is 1. The summed E-state index contributed by atoms with van der Waals surface area (Å²) in [5.74, 6) is 0.284. The van der Waals surface area contributed by atoms with Crippen molar-refractivity contribution in [2.24, 2.45) is 0 Å². The summed E-state index contributed by atoms with van der Waals surface area (Å²) in [5, 5.41) is 17.0. The Morgan fingerprint density at radius 2 is 2.23 bits per heavy atom. The molecule has 9 heteroatoms. The summed E-state index contributed by atoms with van der Waals surface area (Å²) in [7, 11) is 1.75. The zero-order valence-electron chi connectivity index (χ0n) is 13.7. The Morgan fingerprint density at radius 1 is 1.42 bits per heavy atom. The molecule has 3 heterocycles. The fourth-order valence-electron chi connectivity index (χ4n) is 3.32. The maximum atomic E-state index is 12.9. The molecule has 26 heavy (non-hydrogen) atoms. The molecule has 4 rings (SSSR count). The highest BCUT2D eigenvalue weighted by atomic mass is 35.5. The minimum Gasteiger partial charge on any atom is -0.478 e. The van der Waals surface area contributed by atoms with Crippen molar-refractivity contribution in [1.29, 1.82) is 5.26 Å². The molecule has 1 amide bonds. The lowest BCUT2D eigenvalue weighted by atomic mass is 10.0. The van der Waals surface area contributed by atoms with Crippen molar-refractivity contribution in [2.45, 2.75) is 6.54 Å². The van der Waals surface area contributed by atoms with Gasteiger partial charge in [-0.25, -0.2) is 0 Å². The van der Waals surface area contributed by atoms with Crippen molar-refractivity contribution in [3.05, 3.63) is 34.2 Å². The van der Waals surface area contributed by atoms with Crippen LogP contribution >= 0.6 is 23.2 Å². The predicted octanol–water partition coefficient (Wildman–Crippen LogP) is 3.33. The minimum atomic E-state index is -0.147. The minimum absolute atomic E-state index is 0.123. The average Bonchev–Trinajstić information content (AvgIpc) is 3.26. The molecular formula is C17H13Cl2N5O2. The van der Waals surface area contributed by atoms with Crippen molar-refractivity contribution >= 4 is 40.0 Å². The van der Waals surface area contributed by atoms with Crippen molar-refractivity contribution in [3.8, 4) is 22.9 Å². The van der Waals surface area contributed by atoms with E-state index >= 15 is 0 Å². The van der Waals surface area contributed by atoms with Crippen LogP contribution in [0.4, 0.5) is 0 Å². The number of nitrogens with zero attached hydrogens (tertiary/aromatic N) is 4. The maximum absolute atomic E-state index is 12.9. The fourth-order valence-corrected chi connectivity index (χ4v) is 3.76. The number of carbonyl (C=O) groups is 1. The second-order valence-corrected chi connectivity index (χ2v) is 6.71. The third-order valence-electron chi connectivity index (χ3n) is 4.47. The number of carbonyl (C=O) groups excluding carboxylic acids is 1. The molecule has 0 unspecified atom stereocenters. The molecule has 1 aliphatic rings. The molecule has 0 saturated carbocycles. The van der Waals surface area contributed by atoms with Gasteiger partial charge >= 0.3 is 0 Å². The molecule has 1 aliphatic heterocycles. The number of hydrogen-bond acceptors (Lipinski definition) is 4. The number of amides is 1. The lowest BCUT2D eigenvalue weighted by Crippen LogP contribution is -2.37. The van der Waals surface area contributed by atoms with Gasteiger partial charge in [-0.2, -0.15) is 10.4 Å². The van der Waals surface area contributed by atoms with Crippen LogP contribution in [-0.4, -0.2) is 45.8 Å². The number of fused-ring (bicyclic) bond motifs is 3. The molecule has 1 aromatic carbocycles. The number of nitrogens with one attached hydrogen (secondary N) is 1. The molecule has 3 aromatic rings. The van der Waals surface area contributed by atoms with E-state index in [0.29, 0.717) is 51.0 Å². The molecule has 7 nitrogen and oxygen atoms in total. The number of hydrogen-bond donors (Lipinski definition) is 1. The lowest BCUT2D eigenvalue weighted by molar-refractivity contribution is 0.0752. The molecular weight excluding hydrogens is 377 g/mol. The van der Waals surface area contributed by atoms with Crippen LogP contribution in [0.25, 0.3) is 22.0 Å². The predicted molar refractivity (Wildman–Crippen MR) is 97.6 cm³/mol. The zero-order chi connectivity index (χ0) is 18.4. The number of nitriles is 1. The normalized spacial score (nSPS) is 13.8. The van der Waals surface area contributed by atoms with Gasteiger partial charge in [0.25, 0.3) is 5.91 Å². The summed E-state index contributed by atoms with van der Waals surface area (Å²) in [5.41, 5.74) is 2.52. The van der Waals surface area contributed by atoms with Crippen molar-refractivity contribution in [2.75, 3.05) is 20.2 Å². The molecule has 2 aromatic heterocycles. The number of rotatable bonds is 3. The van der Waals surface area contributed by atoms with Gasteiger partial charge in [-0.3, -0.25) is 9.89 Å². The summed E-state index contributed by atoms with van der Waals surface area (Å²) in [6.07, 6.45) is 3.34. The van der Waals surface area contributed by atoms with Crippen LogP contribution in [0.5, 0.6) is 5.75 Å². The average molecular weight is 390 g/mol. The Balaban J connectivity index is 2.17. The van der Waals surface area contributed by atoms with Gasteiger partial charge in [0, 0.05) is 43.5 Å². The SMILES string of the molecule is CN1CCn2c(c(-c3cn[nH]c3)c3c(OCC#N)cc(Cl)c(Cl)c32)C1=O. The molecule has 0 bridgehead atoms. The van der Waals surface area contributed by atoms with Gasteiger partial charge in [0.1, 0.15) is 17.5 Å². The summed E-state index contributed by atoms with van der Waals surface area (Å²) < 4.78 is 7.48. The van der Waals surface area contributed by atoms with E-state index in [4.69, 9.17) is 33.2 Å². The van der Waals surface area contributed by atoms with E-state index in [-0.39, 0.29) is 12.5 Å². The van der Waals surface area contributed by atoms with Crippen LogP contribution in [0.1, 0.15) is 10.5 Å². The van der Waals surface area contributed by atoms with Crippen LogP contribution in [0.15, 0.2) is 18.5 Å². The second-order valence-electron chi connectivity index (χ2n) is 5.93. The molecule has 0 aliphatic carbocycles. The lowest BCUT2D eigenvalue weighted by Gasteiger charge is -2.25. The Labute approximate surface area is 158 Å². The van der Waals surface area contributed by atoms with Crippen LogP contribution < -0.4 is 4.74 Å². The number of likely N-dealkylation sites (N-methyl/N-ethyl adjacent to an activating group) is 1. The van der Waals surface area contributed by atoms with E-state index in [0.717, 1.165) is 5.56 Å². The smallest absolute Gasteiger partial charge is 0.270 e. The van der Waals surface area contributed by atoms with E-state index in [2.05, 4.69) is 10.2 Å². The van der Waals surface area contributed by atoms with Crippen LogP contribution in [0.2, 0.25) is 10.0 Å². The highest BCUT2D eigenvalue weighted by Crippen LogP contribution is 2.46. The molecule has 1 N–H and O–H groups in total. The molecule has 0 fully saturated rings. The van der Waals surface area contributed by atoms with E-state index in [1.807, 2.05) is 10.6 Å². The number of aromatic nitrogens is 3. The molecule has 132 valence electrons. The monoisotopic (exact) mass is 389 g/mol. The van der Waals surface area contributed by atoms with Crippen molar-refractivity contribution < 1.29 is 9.53 Å². The van der Waals surface area contributed by atoms with Gasteiger partial charge in [0.15, 0.2) is 6.61 Å². The Bertz CT molecular complexity index is 1070. The molecule has 0 atom stereocenters. The quantitative estimate of drug-likeness (QED) is 0.743. The van der Waals surface area contributed by atoms with Crippen LogP contribution in [0, 0.1) is 11.3 Å². The van der Waals surface area contributed by atoms with Crippen molar-refractivity contribution in [1.82, 2.24) is 19.7 Å². The van der Waals surface area contributed by atoms with Gasteiger partial charge in [0.2, 0.25) is 0 Å².